The first kappa shape index (κ1) is 18.3. The van der Waals surface area contributed by atoms with E-state index in [1.807, 2.05) is 5.79 Å². The zero-order valence-corrected chi connectivity index (χ0v) is 11.5. The van der Waals surface area contributed by atoms with Crippen LogP contribution in [-0.2, 0) is 0 Å². The van der Waals surface area contributed by atoms with E-state index >= 15 is 0 Å². The SMILES string of the molecule is [CH3][Al+2].[O-]c1c(F)cccc1F.[O-]c1c(F)cccc1F. The third-order valence-electron chi connectivity index (χ3n) is 1.84. The van der Waals surface area contributed by atoms with Gasteiger partial charge in [0.25, 0.3) is 0 Å². The Hall–Kier alpha value is -1.71. The zero-order valence-electron chi connectivity index (χ0n) is 10.4. The molecule has 0 N–H and O–H groups in total. The molecule has 0 saturated carbocycles. The molecule has 0 saturated heterocycles. The van der Waals surface area contributed by atoms with E-state index in [0.717, 1.165) is 36.4 Å². The van der Waals surface area contributed by atoms with Crippen molar-refractivity contribution in [2.75, 3.05) is 0 Å². The molecule has 2 nitrogen and oxygen atoms in total. The normalized spacial score (nSPS) is 8.95. The van der Waals surface area contributed by atoms with Crippen LogP contribution in [0.4, 0.5) is 17.6 Å². The Bertz CT molecular complexity index is 460. The van der Waals surface area contributed by atoms with Crippen LogP contribution in [0.1, 0.15) is 0 Å². The number of benzene rings is 2. The number of para-hydroxylation sites is 2. The van der Waals surface area contributed by atoms with E-state index in [4.69, 9.17) is 0 Å². The number of hydrogen-bond acceptors (Lipinski definition) is 2. The van der Waals surface area contributed by atoms with Crippen molar-refractivity contribution < 1.29 is 27.8 Å². The largest absolute Gasteiger partial charge is 0.869 e. The minimum Gasteiger partial charge on any atom is -0.869 e. The van der Waals surface area contributed by atoms with Gasteiger partial charge in [-0.3, -0.25) is 0 Å². The van der Waals surface area contributed by atoms with Crippen LogP contribution >= 0.6 is 0 Å². The van der Waals surface area contributed by atoms with Gasteiger partial charge >= 0.3 is 22.1 Å². The number of rotatable bonds is 0. The molecule has 104 valence electrons. The Morgan fingerprint density at radius 3 is 1.00 bits per heavy atom. The molecule has 0 heterocycles. The van der Waals surface area contributed by atoms with Crippen LogP contribution in [0.15, 0.2) is 36.4 Å². The summed E-state index contributed by atoms with van der Waals surface area (Å²) in [6.45, 7) is 0. The quantitative estimate of drug-likeness (QED) is 0.553. The first-order valence-electron chi connectivity index (χ1n) is 5.23. The fourth-order valence-corrected chi connectivity index (χ4v) is 0.965. The summed E-state index contributed by atoms with van der Waals surface area (Å²) in [6, 6.07) is 5.98. The summed E-state index contributed by atoms with van der Waals surface area (Å²) in [6.07, 6.45) is 0. The van der Waals surface area contributed by atoms with Gasteiger partial charge in [-0.2, -0.15) is 0 Å². The molecular weight excluding hydrogens is 291 g/mol. The van der Waals surface area contributed by atoms with E-state index < -0.39 is 34.8 Å². The zero-order chi connectivity index (χ0) is 15.7. The van der Waals surface area contributed by atoms with Crippen molar-refractivity contribution in [2.45, 2.75) is 5.79 Å². The molecule has 20 heavy (non-hydrogen) atoms. The molecule has 0 aromatic heterocycles. The molecule has 0 fully saturated rings. The van der Waals surface area contributed by atoms with Crippen molar-refractivity contribution in [3.05, 3.63) is 59.7 Å². The molecule has 7 heteroatoms. The summed E-state index contributed by atoms with van der Waals surface area (Å²) in [7, 11) is 0. The Morgan fingerprint density at radius 2 is 0.850 bits per heavy atom. The smallest absolute Gasteiger partial charge is 0.118 e. The molecular formula is C13H9AlF4O2. The third-order valence-corrected chi connectivity index (χ3v) is 1.84. The molecule has 0 bridgehead atoms. The van der Waals surface area contributed by atoms with E-state index in [0.29, 0.717) is 0 Å². The summed E-state index contributed by atoms with van der Waals surface area (Å²) in [5.74, 6) is -4.61. The molecule has 0 atom stereocenters. The van der Waals surface area contributed by atoms with Gasteiger partial charge in [-0.25, -0.2) is 17.6 Å². The van der Waals surface area contributed by atoms with Gasteiger partial charge in [0.2, 0.25) is 0 Å². The van der Waals surface area contributed by atoms with Gasteiger partial charge in [0.05, 0.1) is 0 Å². The Kier molecular flexibility index (Phi) is 8.45. The molecule has 0 radical (unpaired) electrons. The summed E-state index contributed by atoms with van der Waals surface area (Å²) < 4.78 is 48.1. The Labute approximate surface area is 121 Å². The van der Waals surface area contributed by atoms with Gasteiger partial charge in [-0.1, -0.05) is 12.1 Å². The van der Waals surface area contributed by atoms with E-state index in [2.05, 4.69) is 16.3 Å². The number of halogens is 4. The molecule has 0 aliphatic carbocycles. The van der Waals surface area contributed by atoms with Crippen LogP contribution in [0.2, 0.25) is 5.79 Å². The maximum atomic E-state index is 12.0. The summed E-state index contributed by atoms with van der Waals surface area (Å²) in [5.41, 5.74) is 0. The predicted octanol–water partition coefficient (Wildman–Crippen LogP) is 2.28. The number of hydrogen-bond donors (Lipinski definition) is 0. The molecule has 0 aliphatic rings. The molecule has 0 unspecified atom stereocenters. The van der Waals surface area contributed by atoms with E-state index in [9.17, 15) is 27.8 Å². The first-order valence-corrected chi connectivity index (χ1v) is 6.38. The average Bonchev–Trinajstić information content (AvgIpc) is 2.45. The van der Waals surface area contributed by atoms with E-state index in [1.165, 1.54) is 0 Å². The Balaban J connectivity index is 0.000000321. The van der Waals surface area contributed by atoms with Crippen LogP contribution in [0.3, 0.4) is 0 Å². The van der Waals surface area contributed by atoms with Gasteiger partial charge in [0.15, 0.2) is 0 Å². The van der Waals surface area contributed by atoms with Crippen molar-refractivity contribution in [2.24, 2.45) is 0 Å². The predicted molar refractivity (Wildman–Crippen MR) is 63.2 cm³/mol. The topological polar surface area (TPSA) is 46.1 Å². The van der Waals surface area contributed by atoms with Crippen LogP contribution < -0.4 is 10.2 Å². The minimum atomic E-state index is -1.17. The molecule has 0 spiro atoms. The van der Waals surface area contributed by atoms with Crippen LogP contribution in [0.25, 0.3) is 0 Å². The summed E-state index contributed by atoms with van der Waals surface area (Å²) in [5, 5.41) is 20.4. The molecule has 2 rings (SSSR count). The maximum absolute atomic E-state index is 12.0. The fraction of sp³-hybridized carbons (Fsp3) is 0.0769. The van der Waals surface area contributed by atoms with Gasteiger partial charge < -0.3 is 10.2 Å². The van der Waals surface area contributed by atoms with Crippen LogP contribution in [0.5, 0.6) is 11.5 Å². The standard InChI is InChI=1S/2C6H4F2O.CH3.Al/c2*7-4-2-1-3-5(8)6(4)9;;/h2*1-3,9H;1H3;/q;;;+2/p-2. The van der Waals surface area contributed by atoms with Gasteiger partial charge in [0, 0.05) is 0 Å². The fourth-order valence-electron chi connectivity index (χ4n) is 0.965. The van der Waals surface area contributed by atoms with Gasteiger partial charge in [0.1, 0.15) is 23.3 Å². The summed E-state index contributed by atoms with van der Waals surface area (Å²) >= 11 is 2.42. The Morgan fingerprint density at radius 1 is 0.650 bits per heavy atom. The van der Waals surface area contributed by atoms with Crippen LogP contribution in [-0.4, -0.2) is 16.3 Å². The van der Waals surface area contributed by atoms with E-state index in [1.54, 1.807) is 0 Å². The summed E-state index contributed by atoms with van der Waals surface area (Å²) in [4.78, 5) is 0. The minimum absolute atomic E-state index is 0.922. The van der Waals surface area contributed by atoms with Crippen molar-refractivity contribution in [3.63, 3.8) is 0 Å². The maximum Gasteiger partial charge on any atom is 0.118 e. The molecule has 2 aromatic rings. The van der Waals surface area contributed by atoms with Crippen molar-refractivity contribution in [1.29, 1.82) is 0 Å². The second-order valence-electron chi connectivity index (χ2n) is 3.10. The van der Waals surface area contributed by atoms with Crippen molar-refractivity contribution in [3.8, 4) is 11.5 Å². The van der Waals surface area contributed by atoms with Gasteiger partial charge in [-0.05, 0) is 35.8 Å². The molecule has 0 amide bonds. The van der Waals surface area contributed by atoms with E-state index in [-0.39, 0.29) is 0 Å². The average molecular weight is 300 g/mol. The first-order chi connectivity index (χ1) is 9.43. The van der Waals surface area contributed by atoms with Crippen molar-refractivity contribution >= 4 is 16.3 Å². The third kappa shape index (κ3) is 5.51. The van der Waals surface area contributed by atoms with Crippen LogP contribution in [0, 0.1) is 23.3 Å². The molecule has 2 aromatic carbocycles. The second-order valence-corrected chi connectivity index (χ2v) is 3.10. The van der Waals surface area contributed by atoms with Crippen molar-refractivity contribution in [1.82, 2.24) is 0 Å². The monoisotopic (exact) mass is 300 g/mol. The van der Waals surface area contributed by atoms with Gasteiger partial charge in [-0.15, -0.1) is 0 Å². The molecule has 0 aliphatic heterocycles. The second kappa shape index (κ2) is 9.24.